The third-order valence-electron chi connectivity index (χ3n) is 6.90. The molecule has 0 atom stereocenters. The molecule has 154 valence electrons. The summed E-state index contributed by atoms with van der Waals surface area (Å²) in [6.07, 6.45) is 3.27. The molecule has 5 heterocycles. The summed E-state index contributed by atoms with van der Waals surface area (Å²) in [4.78, 5) is 14.6. The Labute approximate surface area is 177 Å². The summed E-state index contributed by atoms with van der Waals surface area (Å²) in [6.45, 7) is 8.63. The first-order chi connectivity index (χ1) is 14.8. The molecule has 3 aliphatic heterocycles. The predicted molar refractivity (Wildman–Crippen MR) is 122 cm³/mol. The minimum absolute atomic E-state index is 0.469. The highest BCUT2D eigenvalue weighted by Crippen LogP contribution is 2.42. The van der Waals surface area contributed by atoms with Gasteiger partial charge < -0.3 is 20.4 Å². The van der Waals surface area contributed by atoms with Crippen molar-refractivity contribution in [2.45, 2.75) is 6.42 Å². The topological polar surface area (TPSA) is 56.3 Å². The number of anilines is 2. The van der Waals surface area contributed by atoms with Gasteiger partial charge in [-0.05, 0) is 37.2 Å². The van der Waals surface area contributed by atoms with Gasteiger partial charge in [-0.1, -0.05) is 18.2 Å². The molecule has 1 spiro atoms. The van der Waals surface area contributed by atoms with E-state index in [4.69, 9.17) is 9.97 Å². The predicted octanol–water partition coefficient (Wildman–Crippen LogP) is 2.51. The summed E-state index contributed by atoms with van der Waals surface area (Å²) < 4.78 is 0. The highest BCUT2D eigenvalue weighted by molar-refractivity contribution is 5.94. The summed E-state index contributed by atoms with van der Waals surface area (Å²) in [5, 5.41) is 8.18. The molecule has 6 nitrogen and oxygen atoms in total. The van der Waals surface area contributed by atoms with Crippen molar-refractivity contribution in [3.05, 3.63) is 48.7 Å². The number of para-hydroxylation sites is 1. The van der Waals surface area contributed by atoms with Crippen molar-refractivity contribution >= 4 is 22.4 Å². The lowest BCUT2D eigenvalue weighted by Gasteiger charge is -2.49. The van der Waals surface area contributed by atoms with Crippen LogP contribution in [0.1, 0.15) is 6.42 Å². The highest BCUT2D eigenvalue weighted by Gasteiger charge is 2.45. The van der Waals surface area contributed by atoms with E-state index in [0.29, 0.717) is 5.41 Å². The molecule has 2 N–H and O–H groups in total. The monoisotopic (exact) mass is 400 g/mol. The molecule has 6 heteroatoms. The Morgan fingerprint density at radius 2 is 1.77 bits per heavy atom. The fourth-order valence-corrected chi connectivity index (χ4v) is 5.18. The normalized spacial score (nSPS) is 20.7. The molecular weight excluding hydrogens is 372 g/mol. The Bertz CT molecular complexity index is 1040. The van der Waals surface area contributed by atoms with Crippen molar-refractivity contribution in [2.75, 3.05) is 62.2 Å². The number of nitrogens with one attached hydrogen (secondary N) is 2. The van der Waals surface area contributed by atoms with E-state index < -0.39 is 0 Å². The summed E-state index contributed by atoms with van der Waals surface area (Å²) >= 11 is 0. The summed E-state index contributed by atoms with van der Waals surface area (Å²) in [6, 6.07) is 15.1. The van der Waals surface area contributed by atoms with Gasteiger partial charge in [0.15, 0.2) is 0 Å². The minimum atomic E-state index is 0.469. The van der Waals surface area contributed by atoms with Crippen LogP contribution in [-0.2, 0) is 0 Å². The molecule has 0 bridgehead atoms. The Balaban J connectivity index is 1.33. The smallest absolute Gasteiger partial charge is 0.128 e. The van der Waals surface area contributed by atoms with Crippen molar-refractivity contribution in [2.24, 2.45) is 5.41 Å². The van der Waals surface area contributed by atoms with Crippen LogP contribution < -0.4 is 20.4 Å². The van der Waals surface area contributed by atoms with Crippen LogP contribution in [0.5, 0.6) is 0 Å². The molecule has 3 aromatic rings. The molecule has 3 aliphatic rings. The Kier molecular flexibility index (Phi) is 4.35. The molecule has 0 unspecified atom stereocenters. The maximum Gasteiger partial charge on any atom is 0.128 e. The number of nitrogens with zero attached hydrogens (tertiary/aromatic N) is 4. The molecule has 0 amide bonds. The van der Waals surface area contributed by atoms with E-state index in [1.54, 1.807) is 0 Å². The zero-order chi connectivity index (χ0) is 20.0. The minimum Gasteiger partial charge on any atom is -0.370 e. The molecule has 0 saturated carbocycles. The Morgan fingerprint density at radius 1 is 0.900 bits per heavy atom. The first-order valence-electron chi connectivity index (χ1n) is 11.1. The van der Waals surface area contributed by atoms with Gasteiger partial charge >= 0.3 is 0 Å². The molecule has 0 aliphatic carbocycles. The van der Waals surface area contributed by atoms with Gasteiger partial charge in [0.1, 0.15) is 5.82 Å². The van der Waals surface area contributed by atoms with Crippen LogP contribution in [0.3, 0.4) is 0 Å². The van der Waals surface area contributed by atoms with Crippen LogP contribution in [0, 0.1) is 5.41 Å². The SMILES string of the molecule is c1ccc2c(N3CC4(CCNC4)C3)cc(-c3ccc(N4CCNCC4)nc3)nc2c1. The zero-order valence-electron chi connectivity index (χ0n) is 17.3. The molecular formula is C24H28N6. The second-order valence-corrected chi connectivity index (χ2v) is 8.97. The molecule has 6 rings (SSSR count). The molecule has 30 heavy (non-hydrogen) atoms. The third-order valence-corrected chi connectivity index (χ3v) is 6.90. The van der Waals surface area contributed by atoms with Crippen molar-refractivity contribution in [3.63, 3.8) is 0 Å². The van der Waals surface area contributed by atoms with Crippen molar-refractivity contribution in [1.82, 2.24) is 20.6 Å². The quantitative estimate of drug-likeness (QED) is 0.705. The van der Waals surface area contributed by atoms with Crippen LogP contribution >= 0.6 is 0 Å². The molecule has 1 aromatic carbocycles. The average Bonchev–Trinajstić information content (AvgIpc) is 3.29. The fourth-order valence-electron chi connectivity index (χ4n) is 5.18. The number of benzene rings is 1. The van der Waals surface area contributed by atoms with E-state index in [9.17, 15) is 0 Å². The number of rotatable bonds is 3. The maximum absolute atomic E-state index is 4.98. The Hall–Kier alpha value is -2.70. The van der Waals surface area contributed by atoms with Gasteiger partial charge in [-0.15, -0.1) is 0 Å². The number of hydrogen-bond donors (Lipinski definition) is 2. The lowest BCUT2D eigenvalue weighted by atomic mass is 9.78. The van der Waals surface area contributed by atoms with Crippen molar-refractivity contribution in [3.8, 4) is 11.3 Å². The lowest BCUT2D eigenvalue weighted by Crippen LogP contribution is -2.57. The number of hydrogen-bond acceptors (Lipinski definition) is 6. The number of fused-ring (bicyclic) bond motifs is 1. The number of aromatic nitrogens is 2. The van der Waals surface area contributed by atoms with Gasteiger partial charge in [-0.25, -0.2) is 9.97 Å². The van der Waals surface area contributed by atoms with Gasteiger partial charge in [0.2, 0.25) is 0 Å². The van der Waals surface area contributed by atoms with Crippen LogP contribution in [-0.4, -0.2) is 62.3 Å². The lowest BCUT2D eigenvalue weighted by molar-refractivity contribution is 0.244. The van der Waals surface area contributed by atoms with Gasteiger partial charge in [0.25, 0.3) is 0 Å². The zero-order valence-corrected chi connectivity index (χ0v) is 17.3. The van der Waals surface area contributed by atoms with Crippen molar-refractivity contribution in [1.29, 1.82) is 0 Å². The highest BCUT2D eigenvalue weighted by atomic mass is 15.2. The number of pyridine rings is 2. The number of piperazine rings is 1. The average molecular weight is 401 g/mol. The van der Waals surface area contributed by atoms with Gasteiger partial charge in [-0.3, -0.25) is 0 Å². The fraction of sp³-hybridized carbons (Fsp3) is 0.417. The van der Waals surface area contributed by atoms with E-state index in [1.807, 2.05) is 6.20 Å². The van der Waals surface area contributed by atoms with Gasteiger partial charge in [0, 0.05) is 74.1 Å². The standard InChI is InChI=1S/C24H28N6/c1-2-4-20-19(3-1)22(30-16-24(17-30)7-8-26-15-24)13-21(28-20)18-5-6-23(27-14-18)29-11-9-25-10-12-29/h1-6,13-14,25-26H,7-12,15-17H2. The van der Waals surface area contributed by atoms with E-state index in [0.717, 1.165) is 74.9 Å². The van der Waals surface area contributed by atoms with E-state index in [1.165, 1.54) is 17.5 Å². The van der Waals surface area contributed by atoms with Crippen LogP contribution in [0.15, 0.2) is 48.7 Å². The van der Waals surface area contributed by atoms with Gasteiger partial charge in [0.05, 0.1) is 11.2 Å². The third kappa shape index (κ3) is 3.11. The molecule has 0 radical (unpaired) electrons. The van der Waals surface area contributed by atoms with Gasteiger partial charge in [-0.2, -0.15) is 0 Å². The summed E-state index contributed by atoms with van der Waals surface area (Å²) in [5.41, 5.74) is 4.92. The summed E-state index contributed by atoms with van der Waals surface area (Å²) in [5.74, 6) is 1.06. The first-order valence-corrected chi connectivity index (χ1v) is 11.1. The first kappa shape index (κ1) is 18.1. The maximum atomic E-state index is 4.98. The van der Waals surface area contributed by atoms with Crippen LogP contribution in [0.4, 0.5) is 11.5 Å². The second-order valence-electron chi connectivity index (χ2n) is 8.97. The van der Waals surface area contributed by atoms with E-state index in [-0.39, 0.29) is 0 Å². The van der Waals surface area contributed by atoms with Crippen molar-refractivity contribution < 1.29 is 0 Å². The molecule has 2 aromatic heterocycles. The second kappa shape index (κ2) is 7.22. The van der Waals surface area contributed by atoms with E-state index in [2.05, 4.69) is 62.9 Å². The molecule has 3 fully saturated rings. The largest absolute Gasteiger partial charge is 0.370 e. The molecule has 3 saturated heterocycles. The Morgan fingerprint density at radius 3 is 2.53 bits per heavy atom. The van der Waals surface area contributed by atoms with Crippen LogP contribution in [0.25, 0.3) is 22.2 Å². The van der Waals surface area contributed by atoms with Crippen LogP contribution in [0.2, 0.25) is 0 Å². The summed E-state index contributed by atoms with van der Waals surface area (Å²) in [7, 11) is 0. The van der Waals surface area contributed by atoms with E-state index >= 15 is 0 Å².